The molecule has 2 aromatic rings. The van der Waals surface area contributed by atoms with E-state index in [1.165, 1.54) is 29.2 Å². The highest BCUT2D eigenvalue weighted by Crippen LogP contribution is 2.30. The lowest BCUT2D eigenvalue weighted by atomic mass is 10.00. The Morgan fingerprint density at radius 2 is 1.52 bits per heavy atom. The Kier molecular flexibility index (Phi) is 9.67. The van der Waals surface area contributed by atoms with Crippen LogP contribution in [0.4, 0.5) is 20.1 Å². The number of terminal acetylenes is 1. The van der Waals surface area contributed by atoms with E-state index < -0.39 is 52.8 Å². The van der Waals surface area contributed by atoms with E-state index in [1.807, 2.05) is 0 Å². The molecule has 3 atom stereocenters. The summed E-state index contributed by atoms with van der Waals surface area (Å²) in [5.74, 6) is 2.52. The van der Waals surface area contributed by atoms with Gasteiger partial charge in [-0.3, -0.25) is 15.0 Å². The third-order valence-electron chi connectivity index (χ3n) is 5.83. The van der Waals surface area contributed by atoms with Gasteiger partial charge >= 0.3 is 18.4 Å². The molecule has 1 heterocycles. The third kappa shape index (κ3) is 9.12. The summed E-state index contributed by atoms with van der Waals surface area (Å²) in [5, 5.41) is 10.9. The second-order valence-corrected chi connectivity index (χ2v) is 11.6. The molecule has 3 rings (SSSR count). The second kappa shape index (κ2) is 12.8. The SMILES string of the molecule is C#Cc1ccc(C[C@@H]2[C@H](OC(=O)Oc3ccc([N+](=O)[O-])cc3)[C@@H](OC(=O)OC(C)(C)C)CN2C(=O)OC(C)(C)C)cc1. The van der Waals surface area contributed by atoms with Gasteiger partial charge in [-0.15, -0.1) is 6.42 Å². The summed E-state index contributed by atoms with van der Waals surface area (Å²) in [7, 11) is 0. The zero-order valence-electron chi connectivity index (χ0n) is 24.3. The van der Waals surface area contributed by atoms with Crippen molar-refractivity contribution >= 4 is 24.1 Å². The summed E-state index contributed by atoms with van der Waals surface area (Å²) in [4.78, 5) is 50.6. The summed E-state index contributed by atoms with van der Waals surface area (Å²) in [5.41, 5.74) is -0.501. The molecule has 1 amide bonds. The number of hydrogen-bond acceptors (Lipinski definition) is 10. The Morgan fingerprint density at radius 1 is 0.929 bits per heavy atom. The zero-order chi connectivity index (χ0) is 31.2. The maximum absolute atomic E-state index is 13.3. The molecule has 12 heteroatoms. The molecule has 12 nitrogen and oxygen atoms in total. The molecular weight excluding hydrogens is 548 g/mol. The largest absolute Gasteiger partial charge is 0.514 e. The number of carbonyl (C=O) groups is 3. The fraction of sp³-hybridized carbons (Fsp3) is 0.433. The zero-order valence-corrected chi connectivity index (χ0v) is 24.3. The van der Waals surface area contributed by atoms with Crippen molar-refractivity contribution in [1.82, 2.24) is 4.90 Å². The van der Waals surface area contributed by atoms with Gasteiger partial charge in [-0.2, -0.15) is 0 Å². The van der Waals surface area contributed by atoms with Crippen molar-refractivity contribution in [2.24, 2.45) is 0 Å². The van der Waals surface area contributed by atoms with Crippen molar-refractivity contribution in [3.63, 3.8) is 0 Å². The second-order valence-electron chi connectivity index (χ2n) is 11.6. The Hall–Kier alpha value is -4.79. The Balaban J connectivity index is 1.93. The maximum Gasteiger partial charge on any atom is 0.514 e. The van der Waals surface area contributed by atoms with Gasteiger partial charge in [-0.1, -0.05) is 18.1 Å². The van der Waals surface area contributed by atoms with Crippen LogP contribution in [0.3, 0.4) is 0 Å². The van der Waals surface area contributed by atoms with Gasteiger partial charge in [0.05, 0.1) is 17.5 Å². The Labute approximate surface area is 244 Å². The monoisotopic (exact) mass is 582 g/mol. The van der Waals surface area contributed by atoms with Crippen LogP contribution in [0.15, 0.2) is 48.5 Å². The molecule has 0 radical (unpaired) electrons. The standard InChI is InChI=1S/C30H34N2O10/c1-8-19-9-11-20(12-10-19)17-23-25(40-27(34)38-22-15-13-21(14-16-22)32(36)37)24(39-28(35)42-30(5,6)7)18-31(23)26(33)41-29(2,3)4/h1,9-16,23-25H,17-18H2,2-7H3/t23-,24+,25+/m1/s1. The van der Waals surface area contributed by atoms with Crippen molar-refractivity contribution in [3.05, 3.63) is 69.8 Å². The number of nitro benzene ring substituents is 1. The van der Waals surface area contributed by atoms with Crippen LogP contribution in [0, 0.1) is 22.5 Å². The van der Waals surface area contributed by atoms with Crippen LogP contribution in [0.5, 0.6) is 5.75 Å². The minimum atomic E-state index is -1.21. The molecule has 1 aliphatic rings. The summed E-state index contributed by atoms with van der Waals surface area (Å²) in [6.45, 7) is 9.93. The molecule has 0 saturated carbocycles. The number of rotatable bonds is 6. The van der Waals surface area contributed by atoms with Crippen LogP contribution in [0.1, 0.15) is 52.7 Å². The van der Waals surface area contributed by atoms with E-state index in [1.54, 1.807) is 65.8 Å². The molecule has 0 unspecified atom stereocenters. The summed E-state index contributed by atoms with van der Waals surface area (Å²) in [6.07, 6.45) is 0.389. The fourth-order valence-corrected chi connectivity index (χ4v) is 4.12. The van der Waals surface area contributed by atoms with E-state index in [0.717, 1.165) is 5.56 Å². The minimum absolute atomic E-state index is 0.0152. The average Bonchev–Trinajstić information content (AvgIpc) is 3.18. The summed E-state index contributed by atoms with van der Waals surface area (Å²) in [6, 6.07) is 11.0. The van der Waals surface area contributed by atoms with E-state index in [9.17, 15) is 24.5 Å². The molecular formula is C30H34N2O10. The first kappa shape index (κ1) is 31.7. The summed E-state index contributed by atoms with van der Waals surface area (Å²) < 4.78 is 27.4. The van der Waals surface area contributed by atoms with Crippen LogP contribution in [-0.2, 0) is 25.4 Å². The molecule has 0 aromatic heterocycles. The van der Waals surface area contributed by atoms with Gasteiger partial charge in [-0.05, 0) is 77.8 Å². The van der Waals surface area contributed by atoms with Gasteiger partial charge in [0.15, 0.2) is 12.2 Å². The van der Waals surface area contributed by atoms with E-state index in [-0.39, 0.29) is 24.4 Å². The van der Waals surface area contributed by atoms with Gasteiger partial charge in [0.2, 0.25) is 0 Å². The smallest absolute Gasteiger partial charge is 0.444 e. The van der Waals surface area contributed by atoms with Gasteiger partial charge in [0.25, 0.3) is 5.69 Å². The van der Waals surface area contributed by atoms with Crippen LogP contribution in [0.2, 0.25) is 0 Å². The number of benzene rings is 2. The van der Waals surface area contributed by atoms with Gasteiger partial charge in [0, 0.05) is 17.7 Å². The molecule has 2 aromatic carbocycles. The summed E-state index contributed by atoms with van der Waals surface area (Å²) >= 11 is 0. The lowest BCUT2D eigenvalue weighted by Gasteiger charge is -2.30. The Morgan fingerprint density at radius 3 is 2.05 bits per heavy atom. The fourth-order valence-electron chi connectivity index (χ4n) is 4.12. The van der Waals surface area contributed by atoms with E-state index in [2.05, 4.69) is 5.92 Å². The van der Waals surface area contributed by atoms with E-state index in [0.29, 0.717) is 5.56 Å². The van der Waals surface area contributed by atoms with Crippen LogP contribution < -0.4 is 4.74 Å². The van der Waals surface area contributed by atoms with Crippen LogP contribution >= 0.6 is 0 Å². The lowest BCUT2D eigenvalue weighted by molar-refractivity contribution is -0.384. The van der Waals surface area contributed by atoms with Gasteiger partial charge < -0.3 is 23.7 Å². The quantitative estimate of drug-likeness (QED) is 0.105. The number of amides is 1. The Bertz CT molecular complexity index is 1330. The molecule has 0 N–H and O–H groups in total. The third-order valence-corrected chi connectivity index (χ3v) is 5.83. The van der Waals surface area contributed by atoms with Crippen molar-refractivity contribution in [2.45, 2.75) is 77.4 Å². The van der Waals surface area contributed by atoms with Crippen LogP contribution in [0.25, 0.3) is 0 Å². The number of nitrogens with zero attached hydrogens (tertiary/aromatic N) is 2. The number of likely N-dealkylation sites (tertiary alicyclic amines) is 1. The van der Waals surface area contributed by atoms with Gasteiger partial charge in [0.1, 0.15) is 17.0 Å². The molecule has 42 heavy (non-hydrogen) atoms. The average molecular weight is 583 g/mol. The van der Waals surface area contributed by atoms with Crippen molar-refractivity contribution in [2.75, 3.05) is 6.54 Å². The molecule has 0 bridgehead atoms. The first-order chi connectivity index (χ1) is 19.5. The molecule has 1 saturated heterocycles. The molecule has 0 aliphatic carbocycles. The first-order valence-corrected chi connectivity index (χ1v) is 13.1. The number of hydrogen-bond donors (Lipinski definition) is 0. The number of carbonyl (C=O) groups excluding carboxylic acids is 3. The van der Waals surface area contributed by atoms with E-state index >= 15 is 0 Å². The maximum atomic E-state index is 13.3. The highest BCUT2D eigenvalue weighted by Gasteiger charge is 2.50. The van der Waals surface area contributed by atoms with E-state index in [4.69, 9.17) is 30.1 Å². The van der Waals surface area contributed by atoms with Crippen molar-refractivity contribution < 1.29 is 43.0 Å². The lowest BCUT2D eigenvalue weighted by Crippen LogP contribution is -2.45. The first-order valence-electron chi connectivity index (χ1n) is 13.1. The number of ether oxygens (including phenoxy) is 5. The molecule has 224 valence electrons. The minimum Gasteiger partial charge on any atom is -0.444 e. The predicted molar refractivity (Wildman–Crippen MR) is 150 cm³/mol. The van der Waals surface area contributed by atoms with Gasteiger partial charge in [-0.25, -0.2) is 14.4 Å². The molecule has 1 fully saturated rings. The van der Waals surface area contributed by atoms with Crippen LogP contribution in [-0.4, -0.2) is 64.2 Å². The highest BCUT2D eigenvalue weighted by atomic mass is 16.8. The number of nitro groups is 1. The normalized spacial score (nSPS) is 18.4. The number of non-ortho nitro benzene ring substituents is 1. The van der Waals surface area contributed by atoms with Crippen molar-refractivity contribution in [3.8, 4) is 18.1 Å². The molecule has 0 spiro atoms. The molecule has 1 aliphatic heterocycles. The predicted octanol–water partition coefficient (Wildman–Crippen LogP) is 5.64. The van der Waals surface area contributed by atoms with Crippen molar-refractivity contribution in [1.29, 1.82) is 0 Å². The highest BCUT2D eigenvalue weighted by molar-refractivity contribution is 5.70. The topological polar surface area (TPSA) is 144 Å².